The summed E-state index contributed by atoms with van der Waals surface area (Å²) >= 11 is 3.49. The van der Waals surface area contributed by atoms with Crippen LogP contribution in [0.3, 0.4) is 0 Å². The number of carbonyl (C=O) groups excluding carboxylic acids is 1. The Bertz CT molecular complexity index is 348. The number of thioether (sulfide) groups is 1. The van der Waals surface area contributed by atoms with Gasteiger partial charge in [0.15, 0.2) is 0 Å². The Labute approximate surface area is 98.5 Å². The van der Waals surface area contributed by atoms with E-state index in [1.807, 2.05) is 6.92 Å². The molecule has 0 spiro atoms. The average Bonchev–Trinajstić information content (AvgIpc) is 2.77. The van der Waals surface area contributed by atoms with Crippen LogP contribution in [-0.4, -0.2) is 16.5 Å². The third kappa shape index (κ3) is 3.05. The zero-order valence-corrected chi connectivity index (χ0v) is 10.5. The molecule has 1 atom stereocenters. The molecule has 82 valence electrons. The van der Waals surface area contributed by atoms with Gasteiger partial charge in [-0.1, -0.05) is 11.8 Å². The van der Waals surface area contributed by atoms with Crippen molar-refractivity contribution in [2.24, 2.45) is 5.92 Å². The van der Waals surface area contributed by atoms with Gasteiger partial charge in [0.05, 0.1) is 0 Å². The molecule has 1 aliphatic carbocycles. The third-order valence-electron chi connectivity index (χ3n) is 2.72. The van der Waals surface area contributed by atoms with E-state index in [9.17, 15) is 4.79 Å². The highest BCUT2D eigenvalue weighted by Gasteiger charge is 2.23. The van der Waals surface area contributed by atoms with Gasteiger partial charge in [0.25, 0.3) is 0 Å². The van der Waals surface area contributed by atoms with Crippen LogP contribution >= 0.6 is 23.1 Å². The maximum atomic E-state index is 11.4. The first-order valence-electron chi connectivity index (χ1n) is 5.33. The fourth-order valence-corrected chi connectivity index (χ4v) is 3.85. The molecule has 1 heterocycles. The van der Waals surface area contributed by atoms with Gasteiger partial charge in [-0.2, -0.15) is 0 Å². The van der Waals surface area contributed by atoms with E-state index in [-0.39, 0.29) is 0 Å². The molecule has 0 aliphatic heterocycles. The van der Waals surface area contributed by atoms with Crippen molar-refractivity contribution in [2.45, 2.75) is 36.9 Å². The number of hydrogen-bond donors (Lipinski definition) is 0. The zero-order chi connectivity index (χ0) is 10.7. The molecular formula is C11H15NOS2. The minimum atomic E-state index is 0.346. The molecule has 1 unspecified atom stereocenters. The first kappa shape index (κ1) is 11.1. The van der Waals surface area contributed by atoms with Gasteiger partial charge in [-0.15, -0.1) is 11.3 Å². The Morgan fingerprint density at radius 2 is 2.53 bits per heavy atom. The molecule has 1 aliphatic rings. The average molecular weight is 241 g/mol. The molecule has 0 bridgehead atoms. The fourth-order valence-electron chi connectivity index (χ4n) is 1.88. The van der Waals surface area contributed by atoms with Gasteiger partial charge in [0.2, 0.25) is 0 Å². The number of aryl methyl sites for hydroxylation is 1. The lowest BCUT2D eigenvalue weighted by Gasteiger charge is -2.05. The molecule has 0 aromatic carbocycles. The highest BCUT2D eigenvalue weighted by Crippen LogP contribution is 2.29. The minimum absolute atomic E-state index is 0.346. The number of Topliss-reactive ketones (excluding diaryl/α,β-unsaturated/α-hetero) is 1. The Balaban J connectivity index is 1.73. The lowest BCUT2D eigenvalue weighted by Crippen LogP contribution is -2.06. The molecule has 0 radical (unpaired) electrons. The van der Waals surface area contributed by atoms with E-state index < -0.39 is 0 Å². The van der Waals surface area contributed by atoms with E-state index in [4.69, 9.17) is 0 Å². The smallest absolute Gasteiger partial charge is 0.150 e. The number of nitrogens with zero attached hydrogens (tertiary/aromatic N) is 1. The molecule has 1 aromatic heterocycles. The summed E-state index contributed by atoms with van der Waals surface area (Å²) in [6, 6.07) is 0. The Morgan fingerprint density at radius 3 is 3.13 bits per heavy atom. The Hall–Kier alpha value is -0.350. The summed E-state index contributed by atoms with van der Waals surface area (Å²) in [5, 5.41) is 2.07. The number of carbonyl (C=O) groups is 1. The van der Waals surface area contributed by atoms with Crippen molar-refractivity contribution in [3.63, 3.8) is 0 Å². The lowest BCUT2D eigenvalue weighted by atomic mass is 10.1. The Kier molecular flexibility index (Phi) is 3.81. The SMILES string of the molecule is Cc1csc(SCCC2CCCC2=O)n1. The van der Waals surface area contributed by atoms with Gasteiger partial charge in [-0.25, -0.2) is 4.98 Å². The Morgan fingerprint density at radius 1 is 1.67 bits per heavy atom. The van der Waals surface area contributed by atoms with E-state index >= 15 is 0 Å². The van der Waals surface area contributed by atoms with Crippen LogP contribution < -0.4 is 0 Å². The molecule has 1 fully saturated rings. The van der Waals surface area contributed by atoms with Gasteiger partial charge >= 0.3 is 0 Å². The summed E-state index contributed by atoms with van der Waals surface area (Å²) in [6.07, 6.45) is 4.05. The lowest BCUT2D eigenvalue weighted by molar-refractivity contribution is -0.120. The monoisotopic (exact) mass is 241 g/mol. The first-order valence-corrected chi connectivity index (χ1v) is 7.20. The van der Waals surface area contributed by atoms with Crippen LogP contribution in [0, 0.1) is 12.8 Å². The van der Waals surface area contributed by atoms with E-state index in [1.54, 1.807) is 23.1 Å². The van der Waals surface area contributed by atoms with Crippen LogP contribution in [0.2, 0.25) is 0 Å². The van der Waals surface area contributed by atoms with Crippen molar-refractivity contribution < 1.29 is 4.79 Å². The summed E-state index contributed by atoms with van der Waals surface area (Å²) in [4.78, 5) is 15.8. The number of aromatic nitrogens is 1. The van der Waals surface area contributed by atoms with Crippen LogP contribution in [0.4, 0.5) is 0 Å². The number of thiazole rings is 1. The van der Waals surface area contributed by atoms with Gasteiger partial charge < -0.3 is 0 Å². The fraction of sp³-hybridized carbons (Fsp3) is 0.636. The number of ketones is 1. The van der Waals surface area contributed by atoms with Crippen LogP contribution in [0.25, 0.3) is 0 Å². The molecule has 1 saturated carbocycles. The van der Waals surface area contributed by atoms with Crippen molar-refractivity contribution in [1.29, 1.82) is 0 Å². The van der Waals surface area contributed by atoms with E-state index in [0.29, 0.717) is 11.7 Å². The highest BCUT2D eigenvalue weighted by molar-refractivity contribution is 8.01. The van der Waals surface area contributed by atoms with E-state index in [1.165, 1.54) is 0 Å². The largest absolute Gasteiger partial charge is 0.299 e. The summed E-state index contributed by atoms with van der Waals surface area (Å²) in [5.41, 5.74) is 1.10. The third-order valence-corrected chi connectivity index (χ3v) is 4.89. The van der Waals surface area contributed by atoms with Crippen molar-refractivity contribution in [3.8, 4) is 0 Å². The summed E-state index contributed by atoms with van der Waals surface area (Å²) < 4.78 is 1.14. The molecule has 4 heteroatoms. The second-order valence-electron chi connectivity index (χ2n) is 3.95. The van der Waals surface area contributed by atoms with Crippen molar-refractivity contribution in [2.75, 3.05) is 5.75 Å². The van der Waals surface area contributed by atoms with Crippen molar-refractivity contribution in [1.82, 2.24) is 4.98 Å². The number of hydrogen-bond acceptors (Lipinski definition) is 4. The molecule has 2 rings (SSSR count). The zero-order valence-electron chi connectivity index (χ0n) is 8.86. The van der Waals surface area contributed by atoms with Crippen LogP contribution in [0.5, 0.6) is 0 Å². The molecule has 2 nitrogen and oxygen atoms in total. The standard InChI is InChI=1S/C11H15NOS2/c1-8-7-15-11(12-8)14-6-5-9-3-2-4-10(9)13/h7,9H,2-6H2,1H3. The minimum Gasteiger partial charge on any atom is -0.299 e. The molecule has 0 amide bonds. The summed E-state index contributed by atoms with van der Waals surface area (Å²) in [5.74, 6) is 1.85. The molecule has 0 N–H and O–H groups in total. The molecular weight excluding hydrogens is 226 g/mol. The van der Waals surface area contributed by atoms with Gasteiger partial charge in [0.1, 0.15) is 10.1 Å². The normalized spacial score (nSPS) is 21.1. The van der Waals surface area contributed by atoms with E-state index in [2.05, 4.69) is 10.4 Å². The maximum Gasteiger partial charge on any atom is 0.150 e. The number of rotatable bonds is 4. The molecule has 1 aromatic rings. The topological polar surface area (TPSA) is 30.0 Å². The first-order chi connectivity index (χ1) is 7.25. The predicted octanol–water partition coefficient (Wildman–Crippen LogP) is 3.30. The van der Waals surface area contributed by atoms with Crippen molar-refractivity contribution in [3.05, 3.63) is 11.1 Å². The highest BCUT2D eigenvalue weighted by atomic mass is 32.2. The van der Waals surface area contributed by atoms with Crippen LogP contribution in [0.15, 0.2) is 9.72 Å². The van der Waals surface area contributed by atoms with Crippen molar-refractivity contribution >= 4 is 28.9 Å². The van der Waals surface area contributed by atoms with Gasteiger partial charge in [0, 0.05) is 29.2 Å². The van der Waals surface area contributed by atoms with Gasteiger partial charge in [-0.3, -0.25) is 4.79 Å². The maximum absolute atomic E-state index is 11.4. The predicted molar refractivity (Wildman–Crippen MR) is 64.5 cm³/mol. The summed E-state index contributed by atoms with van der Waals surface area (Å²) in [7, 11) is 0. The summed E-state index contributed by atoms with van der Waals surface area (Å²) in [6.45, 7) is 2.01. The van der Waals surface area contributed by atoms with Crippen LogP contribution in [0.1, 0.15) is 31.4 Å². The van der Waals surface area contributed by atoms with Gasteiger partial charge in [-0.05, 0) is 26.2 Å². The van der Waals surface area contributed by atoms with E-state index in [0.717, 1.165) is 41.5 Å². The molecule has 15 heavy (non-hydrogen) atoms. The molecule has 0 saturated heterocycles. The van der Waals surface area contributed by atoms with Crippen LogP contribution in [-0.2, 0) is 4.79 Å². The quantitative estimate of drug-likeness (QED) is 0.758. The second-order valence-corrected chi connectivity index (χ2v) is 6.15. The second kappa shape index (κ2) is 5.12.